The zero-order valence-corrected chi connectivity index (χ0v) is 27.0. The molecule has 224 valence electrons. The molecule has 0 aliphatic heterocycles. The third-order valence-corrected chi connectivity index (χ3v) is 8.40. The molecule has 0 radical (unpaired) electrons. The number of hydrogen-bond donors (Lipinski definition) is 0. The van der Waals surface area contributed by atoms with E-state index in [1.807, 2.05) is 0 Å². The van der Waals surface area contributed by atoms with Gasteiger partial charge in [0.1, 0.15) is 5.75 Å². The molecule has 0 aliphatic carbocycles. The van der Waals surface area contributed by atoms with Crippen molar-refractivity contribution in [3.8, 4) is 5.75 Å². The van der Waals surface area contributed by atoms with E-state index in [1.165, 1.54) is 53.0 Å². The maximum Gasteiger partial charge on any atom is 0.125 e. The molecule has 4 heteroatoms. The van der Waals surface area contributed by atoms with Gasteiger partial charge in [-0.25, -0.2) is 0 Å². The monoisotopic (exact) mass is 557 g/mol. The highest BCUT2D eigenvalue weighted by Crippen LogP contribution is 2.40. The van der Waals surface area contributed by atoms with Gasteiger partial charge in [-0.1, -0.05) is 56.5 Å². The third kappa shape index (κ3) is 8.44. The molecule has 0 bridgehead atoms. The topological polar surface area (TPSA) is 19.0 Å². The summed E-state index contributed by atoms with van der Waals surface area (Å²) >= 11 is 0. The molecule has 0 saturated heterocycles. The Hall–Kier alpha value is -3.14. The molecule has 0 atom stereocenters. The number of nitrogens with zero attached hydrogens (tertiary/aromatic N) is 3. The van der Waals surface area contributed by atoms with Gasteiger partial charge in [-0.2, -0.15) is 0 Å². The Bertz CT molecular complexity index is 1070. The molecule has 4 nitrogen and oxygen atoms in total. The fraction of sp³-hybridized carbons (Fsp3) is 0.514. The fourth-order valence-electron chi connectivity index (χ4n) is 5.87. The SMILES string of the molecule is CCCCCCOc1cc(N(CC)CC)ccc1C(c1ccc(N(CC)CC)cc1)c1ccc(N(CC)CC)cc1. The number of unbranched alkanes of at least 4 members (excludes halogenated alkanes) is 3. The molecule has 0 aromatic heterocycles. The standard InChI is InChI=1S/C37H55N3O/c1-8-15-16-17-28-41-36-29-34(40(13-6)14-7)26-27-35(36)37(30-18-22-32(23-19-30)38(9-2)10-3)31-20-24-33(25-21-31)39(11-4)12-5/h18-27,29,37H,8-17,28H2,1-7H3. The van der Waals surface area contributed by atoms with E-state index < -0.39 is 0 Å². The van der Waals surface area contributed by atoms with Crippen molar-refractivity contribution < 1.29 is 4.74 Å². The van der Waals surface area contributed by atoms with E-state index in [0.29, 0.717) is 0 Å². The smallest absolute Gasteiger partial charge is 0.125 e. The van der Waals surface area contributed by atoms with Gasteiger partial charge in [0.15, 0.2) is 0 Å². The predicted octanol–water partition coefficient (Wildman–Crippen LogP) is 9.36. The molecule has 3 rings (SSSR count). The van der Waals surface area contributed by atoms with Gasteiger partial charge in [0.2, 0.25) is 0 Å². The molecule has 0 heterocycles. The molecule has 0 N–H and O–H groups in total. The Balaban J connectivity index is 2.11. The zero-order valence-electron chi connectivity index (χ0n) is 27.0. The molecule has 0 fully saturated rings. The van der Waals surface area contributed by atoms with E-state index in [0.717, 1.165) is 58.0 Å². The first kappa shape index (κ1) is 32.4. The van der Waals surface area contributed by atoms with Gasteiger partial charge < -0.3 is 19.4 Å². The van der Waals surface area contributed by atoms with E-state index in [4.69, 9.17) is 4.74 Å². The predicted molar refractivity (Wildman–Crippen MR) is 181 cm³/mol. The second-order valence-corrected chi connectivity index (χ2v) is 10.8. The van der Waals surface area contributed by atoms with Crippen LogP contribution in [0.15, 0.2) is 66.7 Å². The van der Waals surface area contributed by atoms with Crippen LogP contribution in [-0.4, -0.2) is 45.9 Å². The fourth-order valence-corrected chi connectivity index (χ4v) is 5.87. The number of rotatable bonds is 18. The van der Waals surface area contributed by atoms with Crippen LogP contribution in [0, 0.1) is 0 Å². The lowest BCUT2D eigenvalue weighted by atomic mass is 9.84. The van der Waals surface area contributed by atoms with Gasteiger partial charge in [0, 0.05) is 73.9 Å². The summed E-state index contributed by atoms with van der Waals surface area (Å²) in [6.07, 6.45) is 4.79. The molecule has 0 aliphatic rings. The summed E-state index contributed by atoms with van der Waals surface area (Å²) in [5.74, 6) is 1.10. The van der Waals surface area contributed by atoms with E-state index in [2.05, 4.69) is 130 Å². The summed E-state index contributed by atoms with van der Waals surface area (Å²) in [6, 6.07) is 25.3. The van der Waals surface area contributed by atoms with Crippen molar-refractivity contribution in [2.24, 2.45) is 0 Å². The van der Waals surface area contributed by atoms with Crippen molar-refractivity contribution in [2.75, 3.05) is 60.6 Å². The average molecular weight is 558 g/mol. The van der Waals surface area contributed by atoms with Gasteiger partial charge in [-0.15, -0.1) is 0 Å². The lowest BCUT2D eigenvalue weighted by Gasteiger charge is -2.27. The highest BCUT2D eigenvalue weighted by atomic mass is 16.5. The van der Waals surface area contributed by atoms with Crippen LogP contribution in [0.2, 0.25) is 0 Å². The summed E-state index contributed by atoms with van der Waals surface area (Å²) in [5, 5.41) is 0. The summed E-state index contributed by atoms with van der Waals surface area (Å²) in [7, 11) is 0. The molecule has 3 aromatic carbocycles. The van der Waals surface area contributed by atoms with Crippen LogP contribution in [-0.2, 0) is 0 Å². The summed E-state index contributed by atoms with van der Waals surface area (Å²) in [4.78, 5) is 7.21. The van der Waals surface area contributed by atoms with Crippen LogP contribution in [0.5, 0.6) is 5.75 Å². The normalized spacial score (nSPS) is 11.1. The zero-order chi connectivity index (χ0) is 29.6. The van der Waals surface area contributed by atoms with Crippen LogP contribution in [0.1, 0.15) is 96.8 Å². The Morgan fingerprint density at radius 3 is 1.39 bits per heavy atom. The van der Waals surface area contributed by atoms with Gasteiger partial charge in [-0.05, 0) is 89.4 Å². The molecule has 3 aromatic rings. The summed E-state index contributed by atoms with van der Waals surface area (Å²) in [6.45, 7) is 22.3. The summed E-state index contributed by atoms with van der Waals surface area (Å²) < 4.78 is 6.64. The highest BCUT2D eigenvalue weighted by Gasteiger charge is 2.23. The van der Waals surface area contributed by atoms with Crippen LogP contribution < -0.4 is 19.4 Å². The van der Waals surface area contributed by atoms with Crippen molar-refractivity contribution in [3.05, 3.63) is 83.4 Å². The molecule has 0 saturated carbocycles. The maximum absolute atomic E-state index is 6.64. The number of benzene rings is 3. The van der Waals surface area contributed by atoms with E-state index in [1.54, 1.807) is 0 Å². The van der Waals surface area contributed by atoms with Crippen molar-refractivity contribution in [1.82, 2.24) is 0 Å². The highest BCUT2D eigenvalue weighted by molar-refractivity contribution is 5.60. The first-order valence-corrected chi connectivity index (χ1v) is 16.3. The number of hydrogen-bond acceptors (Lipinski definition) is 4. The largest absolute Gasteiger partial charge is 0.493 e. The van der Waals surface area contributed by atoms with Crippen LogP contribution in [0.25, 0.3) is 0 Å². The first-order chi connectivity index (χ1) is 20.0. The minimum atomic E-state index is 0.0860. The number of ether oxygens (including phenoxy) is 1. The van der Waals surface area contributed by atoms with Crippen LogP contribution >= 0.6 is 0 Å². The quantitative estimate of drug-likeness (QED) is 0.115. The molecule has 0 amide bonds. The number of anilines is 3. The Morgan fingerprint density at radius 1 is 0.512 bits per heavy atom. The Kier molecular flexibility index (Phi) is 13.4. The molecule has 0 unspecified atom stereocenters. The van der Waals surface area contributed by atoms with Gasteiger partial charge >= 0.3 is 0 Å². The van der Waals surface area contributed by atoms with E-state index >= 15 is 0 Å². The summed E-state index contributed by atoms with van der Waals surface area (Å²) in [5.41, 5.74) is 7.61. The lowest BCUT2D eigenvalue weighted by molar-refractivity contribution is 0.302. The van der Waals surface area contributed by atoms with E-state index in [9.17, 15) is 0 Å². The van der Waals surface area contributed by atoms with Gasteiger partial charge in [0.05, 0.1) is 6.61 Å². The molecule has 0 spiro atoms. The first-order valence-electron chi connectivity index (χ1n) is 16.3. The van der Waals surface area contributed by atoms with Gasteiger partial charge in [0.25, 0.3) is 0 Å². The average Bonchev–Trinajstić information content (AvgIpc) is 3.01. The minimum Gasteiger partial charge on any atom is -0.493 e. The van der Waals surface area contributed by atoms with Crippen LogP contribution in [0.3, 0.4) is 0 Å². The second kappa shape index (κ2) is 17.0. The second-order valence-electron chi connectivity index (χ2n) is 10.8. The van der Waals surface area contributed by atoms with Crippen molar-refractivity contribution >= 4 is 17.1 Å². The Labute approximate surface area is 251 Å². The lowest BCUT2D eigenvalue weighted by Crippen LogP contribution is -2.22. The molecule has 41 heavy (non-hydrogen) atoms. The third-order valence-electron chi connectivity index (χ3n) is 8.40. The van der Waals surface area contributed by atoms with Crippen molar-refractivity contribution in [1.29, 1.82) is 0 Å². The van der Waals surface area contributed by atoms with Crippen molar-refractivity contribution in [2.45, 2.75) is 80.1 Å². The van der Waals surface area contributed by atoms with Crippen LogP contribution in [0.4, 0.5) is 17.1 Å². The molecular weight excluding hydrogens is 502 g/mol. The van der Waals surface area contributed by atoms with Gasteiger partial charge in [-0.3, -0.25) is 0 Å². The van der Waals surface area contributed by atoms with Crippen molar-refractivity contribution in [3.63, 3.8) is 0 Å². The Morgan fingerprint density at radius 2 is 0.951 bits per heavy atom. The maximum atomic E-state index is 6.64. The minimum absolute atomic E-state index is 0.0860. The molecular formula is C37H55N3O. The van der Waals surface area contributed by atoms with E-state index in [-0.39, 0.29) is 5.92 Å².